The van der Waals surface area contributed by atoms with Crippen molar-refractivity contribution in [2.75, 3.05) is 0 Å². The molecule has 1 heterocycles. The lowest BCUT2D eigenvalue weighted by Gasteiger charge is -2.37. The van der Waals surface area contributed by atoms with Crippen LogP contribution in [0.2, 0.25) is 0 Å². The fourth-order valence-corrected chi connectivity index (χ4v) is 2.12. The standard InChI is InChI=1S/C9H12N2OS/c10-9(2-1-3-9)4-8(12)7-5-13-6-11-7/h5-6H,1-4,10H2. The van der Waals surface area contributed by atoms with Crippen molar-refractivity contribution < 1.29 is 4.79 Å². The minimum atomic E-state index is -0.222. The zero-order valence-electron chi connectivity index (χ0n) is 7.32. The maximum absolute atomic E-state index is 11.6. The van der Waals surface area contributed by atoms with Crippen LogP contribution in [0.4, 0.5) is 0 Å². The molecule has 0 atom stereocenters. The van der Waals surface area contributed by atoms with Gasteiger partial charge in [-0.15, -0.1) is 11.3 Å². The summed E-state index contributed by atoms with van der Waals surface area (Å²) in [4.78, 5) is 15.6. The third kappa shape index (κ3) is 1.78. The predicted molar refractivity (Wildman–Crippen MR) is 51.8 cm³/mol. The molecule has 1 aromatic rings. The highest BCUT2D eigenvalue weighted by atomic mass is 32.1. The van der Waals surface area contributed by atoms with E-state index in [0.29, 0.717) is 12.1 Å². The molecule has 1 aromatic heterocycles. The molecule has 70 valence electrons. The highest BCUT2D eigenvalue weighted by Crippen LogP contribution is 2.33. The van der Waals surface area contributed by atoms with Gasteiger partial charge in [0, 0.05) is 17.3 Å². The molecule has 0 spiro atoms. The summed E-state index contributed by atoms with van der Waals surface area (Å²) >= 11 is 1.45. The van der Waals surface area contributed by atoms with Crippen molar-refractivity contribution in [3.63, 3.8) is 0 Å². The van der Waals surface area contributed by atoms with Crippen molar-refractivity contribution in [3.05, 3.63) is 16.6 Å². The number of ketones is 1. The maximum atomic E-state index is 11.6. The molecule has 2 rings (SSSR count). The molecule has 1 aliphatic carbocycles. The number of nitrogens with zero attached hydrogens (tertiary/aromatic N) is 1. The van der Waals surface area contributed by atoms with Gasteiger partial charge in [-0.1, -0.05) is 0 Å². The number of carbonyl (C=O) groups is 1. The van der Waals surface area contributed by atoms with Crippen LogP contribution in [0.15, 0.2) is 10.9 Å². The lowest BCUT2D eigenvalue weighted by atomic mass is 9.74. The smallest absolute Gasteiger partial charge is 0.183 e. The largest absolute Gasteiger partial charge is 0.325 e. The molecule has 0 saturated heterocycles. The molecule has 0 aliphatic heterocycles. The summed E-state index contributed by atoms with van der Waals surface area (Å²) in [7, 11) is 0. The quantitative estimate of drug-likeness (QED) is 0.747. The molecule has 0 radical (unpaired) electrons. The van der Waals surface area contributed by atoms with Gasteiger partial charge in [-0.25, -0.2) is 4.98 Å². The Hall–Kier alpha value is -0.740. The summed E-state index contributed by atoms with van der Waals surface area (Å²) in [5, 5.41) is 1.78. The van der Waals surface area contributed by atoms with Crippen molar-refractivity contribution in [2.24, 2.45) is 5.73 Å². The first kappa shape index (κ1) is 8.84. The van der Waals surface area contributed by atoms with Crippen molar-refractivity contribution in [1.29, 1.82) is 0 Å². The number of hydrogen-bond donors (Lipinski definition) is 1. The summed E-state index contributed by atoms with van der Waals surface area (Å²) in [6, 6.07) is 0. The van der Waals surface area contributed by atoms with E-state index in [1.165, 1.54) is 11.3 Å². The molecule has 0 unspecified atom stereocenters. The highest BCUT2D eigenvalue weighted by molar-refractivity contribution is 7.07. The van der Waals surface area contributed by atoms with Crippen LogP contribution in [0.1, 0.15) is 36.2 Å². The fourth-order valence-electron chi connectivity index (χ4n) is 1.57. The molecule has 1 saturated carbocycles. The zero-order chi connectivity index (χ0) is 9.31. The summed E-state index contributed by atoms with van der Waals surface area (Å²) in [5.41, 5.74) is 7.99. The number of Topliss-reactive ketones (excluding diaryl/α,β-unsaturated/α-hetero) is 1. The Morgan fingerprint density at radius 3 is 2.92 bits per heavy atom. The van der Waals surface area contributed by atoms with Gasteiger partial charge in [-0.3, -0.25) is 4.79 Å². The maximum Gasteiger partial charge on any atom is 0.183 e. The first-order valence-corrected chi connectivity index (χ1v) is 5.34. The molecule has 13 heavy (non-hydrogen) atoms. The van der Waals surface area contributed by atoms with E-state index in [1.807, 2.05) is 0 Å². The summed E-state index contributed by atoms with van der Waals surface area (Å²) < 4.78 is 0. The van der Waals surface area contributed by atoms with Crippen molar-refractivity contribution in [3.8, 4) is 0 Å². The summed E-state index contributed by atoms with van der Waals surface area (Å²) in [6.45, 7) is 0. The molecule has 1 aliphatic rings. The molecular weight excluding hydrogens is 184 g/mol. The van der Waals surface area contributed by atoms with Gasteiger partial charge in [0.2, 0.25) is 0 Å². The van der Waals surface area contributed by atoms with Crippen LogP contribution in [0.25, 0.3) is 0 Å². The van der Waals surface area contributed by atoms with Gasteiger partial charge in [-0.2, -0.15) is 0 Å². The molecule has 0 amide bonds. The Labute approximate surface area is 81.0 Å². The molecular formula is C9H12N2OS. The van der Waals surface area contributed by atoms with E-state index in [-0.39, 0.29) is 11.3 Å². The molecule has 4 heteroatoms. The summed E-state index contributed by atoms with van der Waals surface area (Å²) in [5.74, 6) is 0.0865. The van der Waals surface area contributed by atoms with Gasteiger partial charge < -0.3 is 5.73 Å². The van der Waals surface area contributed by atoms with Gasteiger partial charge in [0.05, 0.1) is 5.51 Å². The van der Waals surface area contributed by atoms with Crippen LogP contribution in [0.3, 0.4) is 0 Å². The number of rotatable bonds is 3. The number of carbonyl (C=O) groups excluding carboxylic acids is 1. The van der Waals surface area contributed by atoms with Gasteiger partial charge in [0.25, 0.3) is 0 Å². The van der Waals surface area contributed by atoms with Crippen LogP contribution >= 0.6 is 11.3 Å². The number of hydrogen-bond acceptors (Lipinski definition) is 4. The molecule has 0 aromatic carbocycles. The van der Waals surface area contributed by atoms with E-state index in [0.717, 1.165) is 19.3 Å². The molecule has 3 nitrogen and oxygen atoms in total. The first-order valence-electron chi connectivity index (χ1n) is 4.40. The van der Waals surface area contributed by atoms with E-state index < -0.39 is 0 Å². The molecule has 1 fully saturated rings. The Kier molecular flexibility index (Phi) is 2.17. The Morgan fingerprint density at radius 2 is 2.46 bits per heavy atom. The third-order valence-electron chi connectivity index (χ3n) is 2.58. The predicted octanol–water partition coefficient (Wildman–Crippen LogP) is 1.60. The number of thiazole rings is 1. The monoisotopic (exact) mass is 196 g/mol. The van der Waals surface area contributed by atoms with Crippen LogP contribution in [0, 0.1) is 0 Å². The van der Waals surface area contributed by atoms with E-state index in [4.69, 9.17) is 5.73 Å². The average molecular weight is 196 g/mol. The van der Waals surface area contributed by atoms with Gasteiger partial charge in [0.1, 0.15) is 5.69 Å². The average Bonchev–Trinajstić information content (AvgIpc) is 2.53. The van der Waals surface area contributed by atoms with E-state index in [2.05, 4.69) is 4.98 Å². The Balaban J connectivity index is 1.99. The zero-order valence-corrected chi connectivity index (χ0v) is 8.14. The third-order valence-corrected chi connectivity index (χ3v) is 3.17. The minimum Gasteiger partial charge on any atom is -0.325 e. The Morgan fingerprint density at radius 1 is 1.69 bits per heavy atom. The second kappa shape index (κ2) is 3.20. The SMILES string of the molecule is NC1(CC(=O)c2cscn2)CCC1. The van der Waals surface area contributed by atoms with E-state index in [9.17, 15) is 4.79 Å². The van der Waals surface area contributed by atoms with Crippen molar-refractivity contribution in [1.82, 2.24) is 4.98 Å². The molecule has 2 N–H and O–H groups in total. The molecule has 0 bridgehead atoms. The fraction of sp³-hybridized carbons (Fsp3) is 0.556. The Bertz CT molecular complexity index is 303. The second-order valence-electron chi connectivity index (χ2n) is 3.69. The minimum absolute atomic E-state index is 0.0865. The second-order valence-corrected chi connectivity index (χ2v) is 4.41. The van der Waals surface area contributed by atoms with Crippen LogP contribution in [-0.4, -0.2) is 16.3 Å². The summed E-state index contributed by atoms with van der Waals surface area (Å²) in [6.07, 6.45) is 3.56. The van der Waals surface area contributed by atoms with Crippen molar-refractivity contribution >= 4 is 17.1 Å². The van der Waals surface area contributed by atoms with Gasteiger partial charge in [-0.05, 0) is 19.3 Å². The number of aromatic nitrogens is 1. The normalized spacial score (nSPS) is 19.5. The van der Waals surface area contributed by atoms with Gasteiger partial charge >= 0.3 is 0 Å². The topological polar surface area (TPSA) is 56.0 Å². The highest BCUT2D eigenvalue weighted by Gasteiger charge is 2.35. The van der Waals surface area contributed by atoms with E-state index in [1.54, 1.807) is 10.9 Å². The van der Waals surface area contributed by atoms with Crippen LogP contribution in [0.5, 0.6) is 0 Å². The van der Waals surface area contributed by atoms with E-state index >= 15 is 0 Å². The lowest BCUT2D eigenvalue weighted by Crippen LogP contribution is -2.48. The van der Waals surface area contributed by atoms with Crippen LogP contribution < -0.4 is 5.73 Å². The van der Waals surface area contributed by atoms with Crippen molar-refractivity contribution in [2.45, 2.75) is 31.2 Å². The van der Waals surface area contributed by atoms with Crippen LogP contribution in [-0.2, 0) is 0 Å². The first-order chi connectivity index (χ1) is 6.20. The van der Waals surface area contributed by atoms with Gasteiger partial charge in [0.15, 0.2) is 5.78 Å². The number of nitrogens with two attached hydrogens (primary N) is 1. The lowest BCUT2D eigenvalue weighted by molar-refractivity contribution is 0.0908.